The molecule has 1 aliphatic rings. The molecule has 0 heterocycles. The fourth-order valence-corrected chi connectivity index (χ4v) is 3.86. The van der Waals surface area contributed by atoms with E-state index in [1.807, 2.05) is 14.0 Å². The van der Waals surface area contributed by atoms with E-state index in [9.17, 15) is 18.3 Å². The molecular formula is C20H29F3N2O2. The SMILES string of the molecule is CN[C@H](C)CC(=N)CC(c1cccc(OC(F)(F)F)c1)C1(O)CCCCC1. The normalized spacial score (nSPS) is 19.3. The number of hydrogen-bond donors (Lipinski definition) is 3. The predicted octanol–water partition coefficient (Wildman–Crippen LogP) is 4.77. The third-order valence-electron chi connectivity index (χ3n) is 5.36. The molecule has 152 valence electrons. The third kappa shape index (κ3) is 6.50. The summed E-state index contributed by atoms with van der Waals surface area (Å²) >= 11 is 0. The van der Waals surface area contributed by atoms with Gasteiger partial charge in [0.05, 0.1) is 5.60 Å². The van der Waals surface area contributed by atoms with Gasteiger partial charge in [0, 0.05) is 24.1 Å². The highest BCUT2D eigenvalue weighted by atomic mass is 19.4. The Morgan fingerprint density at radius 2 is 1.93 bits per heavy atom. The van der Waals surface area contributed by atoms with Crippen LogP contribution in [0.5, 0.6) is 5.75 Å². The summed E-state index contributed by atoms with van der Waals surface area (Å²) in [4.78, 5) is 0. The lowest BCUT2D eigenvalue weighted by atomic mass is 9.70. The number of ether oxygens (including phenoxy) is 1. The Balaban J connectivity index is 2.29. The van der Waals surface area contributed by atoms with E-state index in [0.717, 1.165) is 19.3 Å². The van der Waals surface area contributed by atoms with Crippen LogP contribution >= 0.6 is 0 Å². The summed E-state index contributed by atoms with van der Waals surface area (Å²) in [5.41, 5.74) is 0.0515. The number of rotatable bonds is 8. The van der Waals surface area contributed by atoms with Crippen molar-refractivity contribution >= 4 is 5.71 Å². The molecule has 1 aromatic carbocycles. The summed E-state index contributed by atoms with van der Waals surface area (Å²) < 4.78 is 41.8. The lowest BCUT2D eigenvalue weighted by Crippen LogP contribution is -2.40. The van der Waals surface area contributed by atoms with Gasteiger partial charge in [0.15, 0.2) is 0 Å². The fourth-order valence-electron chi connectivity index (χ4n) is 3.86. The molecule has 3 N–H and O–H groups in total. The minimum atomic E-state index is -4.76. The smallest absolute Gasteiger partial charge is 0.406 e. The molecule has 0 aromatic heterocycles. The standard InChI is InChI=1S/C20H29F3N2O2/c1-14(25-2)11-16(24)13-18(19(26)9-4-3-5-10-19)15-7-6-8-17(12-15)27-20(21,22)23/h6-8,12,14,18,24-26H,3-5,9-11,13H2,1-2H3/t14-,18?/m1/s1. The second-order valence-electron chi connectivity index (χ2n) is 7.54. The summed E-state index contributed by atoms with van der Waals surface area (Å²) in [5, 5.41) is 22.7. The highest BCUT2D eigenvalue weighted by Gasteiger charge is 2.39. The molecule has 2 atom stereocenters. The van der Waals surface area contributed by atoms with E-state index < -0.39 is 17.9 Å². The van der Waals surface area contributed by atoms with Crippen LogP contribution in [0.2, 0.25) is 0 Å². The van der Waals surface area contributed by atoms with Gasteiger partial charge in [-0.3, -0.25) is 0 Å². The van der Waals surface area contributed by atoms with Gasteiger partial charge in [-0.1, -0.05) is 31.4 Å². The first-order valence-electron chi connectivity index (χ1n) is 9.44. The lowest BCUT2D eigenvalue weighted by Gasteiger charge is -2.40. The number of benzene rings is 1. The second-order valence-corrected chi connectivity index (χ2v) is 7.54. The molecule has 1 saturated carbocycles. The van der Waals surface area contributed by atoms with Crippen molar-refractivity contribution < 1.29 is 23.0 Å². The summed E-state index contributed by atoms with van der Waals surface area (Å²) in [6.45, 7) is 1.97. The largest absolute Gasteiger partial charge is 0.573 e. The van der Waals surface area contributed by atoms with Crippen LogP contribution < -0.4 is 10.1 Å². The van der Waals surface area contributed by atoms with E-state index in [1.165, 1.54) is 18.2 Å². The molecule has 0 aliphatic heterocycles. The minimum Gasteiger partial charge on any atom is -0.406 e. The second kappa shape index (κ2) is 9.06. The summed E-state index contributed by atoms with van der Waals surface area (Å²) in [7, 11) is 1.82. The van der Waals surface area contributed by atoms with Crippen molar-refractivity contribution in [3.05, 3.63) is 29.8 Å². The zero-order chi connectivity index (χ0) is 20.1. The fraction of sp³-hybridized carbons (Fsp3) is 0.650. The maximum Gasteiger partial charge on any atom is 0.573 e. The molecule has 0 amide bonds. The lowest BCUT2D eigenvalue weighted by molar-refractivity contribution is -0.274. The van der Waals surface area contributed by atoms with Gasteiger partial charge in [-0.25, -0.2) is 0 Å². The van der Waals surface area contributed by atoms with Crippen molar-refractivity contribution in [3.8, 4) is 5.75 Å². The number of hydrogen-bond acceptors (Lipinski definition) is 4. The molecule has 0 spiro atoms. The van der Waals surface area contributed by atoms with E-state index in [-0.39, 0.29) is 11.8 Å². The Hall–Kier alpha value is -1.60. The van der Waals surface area contributed by atoms with Gasteiger partial charge in [-0.2, -0.15) is 0 Å². The zero-order valence-electron chi connectivity index (χ0n) is 15.9. The number of nitrogens with one attached hydrogen (secondary N) is 2. The van der Waals surface area contributed by atoms with Crippen molar-refractivity contribution in [2.75, 3.05) is 7.05 Å². The van der Waals surface area contributed by atoms with Crippen molar-refractivity contribution in [1.29, 1.82) is 5.41 Å². The quantitative estimate of drug-likeness (QED) is 0.564. The van der Waals surface area contributed by atoms with Crippen LogP contribution in [0.1, 0.15) is 63.4 Å². The Labute approximate surface area is 158 Å². The third-order valence-corrected chi connectivity index (χ3v) is 5.36. The molecule has 1 aliphatic carbocycles. The van der Waals surface area contributed by atoms with Crippen molar-refractivity contribution in [2.45, 2.75) is 75.8 Å². The van der Waals surface area contributed by atoms with E-state index in [4.69, 9.17) is 5.41 Å². The van der Waals surface area contributed by atoms with Gasteiger partial charge in [-0.05, 0) is 50.9 Å². The number of aliphatic hydroxyl groups is 1. The molecule has 1 aromatic rings. The Bertz CT molecular complexity index is 628. The van der Waals surface area contributed by atoms with Crippen LogP contribution in [0.3, 0.4) is 0 Å². The summed E-state index contributed by atoms with van der Waals surface area (Å²) in [6.07, 6.45) is 0.0802. The summed E-state index contributed by atoms with van der Waals surface area (Å²) in [6, 6.07) is 5.96. The maximum atomic E-state index is 12.6. The molecule has 4 nitrogen and oxygen atoms in total. The van der Waals surface area contributed by atoms with Crippen LogP contribution in [0.15, 0.2) is 24.3 Å². The molecular weight excluding hydrogens is 357 g/mol. The Morgan fingerprint density at radius 3 is 2.52 bits per heavy atom. The van der Waals surface area contributed by atoms with Gasteiger partial charge < -0.3 is 20.6 Å². The zero-order valence-corrected chi connectivity index (χ0v) is 15.9. The molecule has 1 fully saturated rings. The van der Waals surface area contributed by atoms with Crippen LogP contribution in [0, 0.1) is 5.41 Å². The monoisotopic (exact) mass is 386 g/mol. The van der Waals surface area contributed by atoms with Crippen LogP contribution in [0.25, 0.3) is 0 Å². The highest BCUT2D eigenvalue weighted by molar-refractivity contribution is 5.83. The van der Waals surface area contributed by atoms with E-state index in [2.05, 4.69) is 10.1 Å². The van der Waals surface area contributed by atoms with Gasteiger partial charge in [0.1, 0.15) is 5.75 Å². The first kappa shape index (κ1) is 21.7. The Kier molecular flexibility index (Phi) is 7.28. The van der Waals surface area contributed by atoms with Crippen LogP contribution in [-0.2, 0) is 0 Å². The topological polar surface area (TPSA) is 65.3 Å². The molecule has 7 heteroatoms. The average molecular weight is 386 g/mol. The first-order chi connectivity index (χ1) is 12.6. The van der Waals surface area contributed by atoms with Gasteiger partial charge in [0.25, 0.3) is 0 Å². The van der Waals surface area contributed by atoms with Gasteiger partial charge in [0.2, 0.25) is 0 Å². The van der Waals surface area contributed by atoms with E-state index in [1.54, 1.807) is 6.07 Å². The van der Waals surface area contributed by atoms with Crippen LogP contribution in [-0.4, -0.2) is 35.9 Å². The van der Waals surface area contributed by atoms with Crippen molar-refractivity contribution in [2.24, 2.45) is 0 Å². The van der Waals surface area contributed by atoms with E-state index >= 15 is 0 Å². The maximum absolute atomic E-state index is 12.6. The van der Waals surface area contributed by atoms with Crippen LogP contribution in [0.4, 0.5) is 13.2 Å². The van der Waals surface area contributed by atoms with E-state index in [0.29, 0.717) is 37.0 Å². The number of halogens is 3. The van der Waals surface area contributed by atoms with Crippen molar-refractivity contribution in [1.82, 2.24) is 5.32 Å². The Morgan fingerprint density at radius 1 is 1.26 bits per heavy atom. The molecule has 27 heavy (non-hydrogen) atoms. The molecule has 0 bridgehead atoms. The molecule has 0 radical (unpaired) electrons. The first-order valence-corrected chi connectivity index (χ1v) is 9.44. The molecule has 2 rings (SSSR count). The summed E-state index contributed by atoms with van der Waals surface area (Å²) in [5.74, 6) is -0.717. The van der Waals surface area contributed by atoms with Gasteiger partial charge >= 0.3 is 6.36 Å². The average Bonchev–Trinajstić information content (AvgIpc) is 2.59. The predicted molar refractivity (Wildman–Crippen MR) is 99.4 cm³/mol. The molecule has 0 saturated heterocycles. The van der Waals surface area contributed by atoms with Crippen molar-refractivity contribution in [3.63, 3.8) is 0 Å². The number of alkyl halides is 3. The highest BCUT2D eigenvalue weighted by Crippen LogP contribution is 2.43. The van der Waals surface area contributed by atoms with Gasteiger partial charge in [-0.15, -0.1) is 13.2 Å². The minimum absolute atomic E-state index is 0.124. The molecule has 1 unspecified atom stereocenters.